The summed E-state index contributed by atoms with van der Waals surface area (Å²) in [7, 11) is -4.08. The second-order valence-electron chi connectivity index (χ2n) is 9.51. The molecule has 1 fully saturated rings. The molecule has 38 heavy (non-hydrogen) atoms. The Labute approximate surface area is 220 Å². The molecule has 2 aromatic heterocycles. The quantitative estimate of drug-likeness (QED) is 0.313. The average molecular weight is 540 g/mol. The van der Waals surface area contributed by atoms with E-state index in [1.807, 2.05) is 6.92 Å². The molecule has 4 aromatic rings. The molecule has 0 amide bonds. The second kappa shape index (κ2) is 10.6. The number of sulfonamides is 1. The molecule has 0 spiro atoms. The smallest absolute Gasteiger partial charge is 0.277 e. The van der Waals surface area contributed by atoms with Crippen molar-refractivity contribution in [3.63, 3.8) is 0 Å². The third kappa shape index (κ3) is 5.15. The molecular weight excluding hydrogens is 509 g/mol. The molecule has 1 saturated carbocycles. The Morgan fingerprint density at radius 3 is 2.61 bits per heavy atom. The largest absolute Gasteiger partial charge is 0.493 e. The lowest BCUT2D eigenvalue weighted by molar-refractivity contribution is 0.341. The SMILES string of the molecule is CCOc1ccc(S(=O)(=O)Nc2cccc(F)c2)cc1-c1nn2c(C3CCCCCC3)nc(C)c2c(=O)[nH]1. The predicted molar refractivity (Wildman–Crippen MR) is 143 cm³/mol. The molecule has 0 unspecified atom stereocenters. The Morgan fingerprint density at radius 1 is 1.13 bits per heavy atom. The van der Waals surface area contributed by atoms with Gasteiger partial charge in [-0.25, -0.2) is 22.3 Å². The Kier molecular flexibility index (Phi) is 7.20. The van der Waals surface area contributed by atoms with Gasteiger partial charge in [0.05, 0.1) is 28.4 Å². The minimum atomic E-state index is -4.08. The van der Waals surface area contributed by atoms with Crippen molar-refractivity contribution in [1.29, 1.82) is 0 Å². The summed E-state index contributed by atoms with van der Waals surface area (Å²) in [5, 5.41) is 4.75. The number of aromatic amines is 1. The molecule has 0 bridgehead atoms. The standard InChI is InChI=1S/C27H30FN5O4S/c1-3-37-23-14-13-21(38(35,36)32-20-12-8-11-19(28)15-20)16-22(23)25-30-27(34)24-17(2)29-26(33(24)31-25)18-9-6-4-5-7-10-18/h8,11-16,18,32H,3-7,9-10H2,1-2H3,(H,30,31,34). The molecule has 2 aromatic carbocycles. The van der Waals surface area contributed by atoms with Gasteiger partial charge in [-0.2, -0.15) is 0 Å². The molecule has 5 rings (SSSR count). The van der Waals surface area contributed by atoms with Gasteiger partial charge in [0.1, 0.15) is 17.4 Å². The van der Waals surface area contributed by atoms with Crippen LogP contribution in [0.3, 0.4) is 0 Å². The van der Waals surface area contributed by atoms with Crippen LogP contribution in [0.5, 0.6) is 5.75 Å². The third-order valence-corrected chi connectivity index (χ3v) is 8.19. The number of aryl methyl sites for hydroxylation is 1. The zero-order chi connectivity index (χ0) is 26.9. The maximum Gasteiger partial charge on any atom is 0.277 e. The number of benzene rings is 2. The molecule has 2 heterocycles. The van der Waals surface area contributed by atoms with Crippen LogP contribution < -0.4 is 15.0 Å². The number of nitrogens with one attached hydrogen (secondary N) is 2. The Hall–Kier alpha value is -3.73. The molecule has 11 heteroatoms. The van der Waals surface area contributed by atoms with Crippen LogP contribution in [0, 0.1) is 12.7 Å². The lowest BCUT2D eigenvalue weighted by Crippen LogP contribution is -2.17. The first-order valence-corrected chi connectivity index (χ1v) is 14.3. The maximum atomic E-state index is 13.6. The molecular formula is C27H30FN5O4S. The summed E-state index contributed by atoms with van der Waals surface area (Å²) in [5.74, 6) is 0.914. The molecule has 9 nitrogen and oxygen atoms in total. The van der Waals surface area contributed by atoms with E-state index < -0.39 is 15.8 Å². The minimum Gasteiger partial charge on any atom is -0.493 e. The molecule has 0 aliphatic heterocycles. The van der Waals surface area contributed by atoms with Gasteiger partial charge in [0, 0.05) is 5.92 Å². The third-order valence-electron chi connectivity index (χ3n) is 6.81. The highest BCUT2D eigenvalue weighted by atomic mass is 32.2. The number of hydrogen-bond donors (Lipinski definition) is 2. The Bertz CT molecular complexity index is 1640. The molecule has 200 valence electrons. The lowest BCUT2D eigenvalue weighted by atomic mass is 10.00. The van der Waals surface area contributed by atoms with E-state index in [1.54, 1.807) is 11.4 Å². The van der Waals surface area contributed by atoms with Gasteiger partial charge in [-0.3, -0.25) is 9.52 Å². The summed E-state index contributed by atoms with van der Waals surface area (Å²) in [6.07, 6.45) is 6.52. The van der Waals surface area contributed by atoms with Crippen LogP contribution in [-0.4, -0.2) is 34.6 Å². The van der Waals surface area contributed by atoms with E-state index >= 15 is 0 Å². The lowest BCUT2D eigenvalue weighted by Gasteiger charge is -2.15. The van der Waals surface area contributed by atoms with Gasteiger partial charge in [-0.1, -0.05) is 31.7 Å². The number of H-pyrrole nitrogens is 1. The van der Waals surface area contributed by atoms with Crippen molar-refractivity contribution in [1.82, 2.24) is 19.6 Å². The number of anilines is 1. The van der Waals surface area contributed by atoms with Gasteiger partial charge < -0.3 is 9.72 Å². The van der Waals surface area contributed by atoms with Gasteiger partial charge in [-0.05, 0) is 63.1 Å². The monoisotopic (exact) mass is 539 g/mol. The molecule has 0 saturated heterocycles. The summed E-state index contributed by atoms with van der Waals surface area (Å²) >= 11 is 0. The summed E-state index contributed by atoms with van der Waals surface area (Å²) in [4.78, 5) is 20.7. The van der Waals surface area contributed by atoms with E-state index in [0.29, 0.717) is 29.1 Å². The normalized spacial score (nSPS) is 14.9. The summed E-state index contributed by atoms with van der Waals surface area (Å²) < 4.78 is 49.7. The van der Waals surface area contributed by atoms with E-state index in [4.69, 9.17) is 14.8 Å². The fourth-order valence-electron chi connectivity index (χ4n) is 5.03. The van der Waals surface area contributed by atoms with E-state index in [-0.39, 0.29) is 27.9 Å². The van der Waals surface area contributed by atoms with Crippen LogP contribution in [0.2, 0.25) is 0 Å². The van der Waals surface area contributed by atoms with Crippen molar-refractivity contribution in [3.05, 3.63) is 70.2 Å². The number of imidazole rings is 1. The molecule has 0 atom stereocenters. The van der Waals surface area contributed by atoms with Crippen molar-refractivity contribution in [2.24, 2.45) is 0 Å². The van der Waals surface area contributed by atoms with Crippen molar-refractivity contribution in [3.8, 4) is 17.1 Å². The summed E-state index contributed by atoms with van der Waals surface area (Å²) in [5.41, 5.74) is 1.02. The number of nitrogens with zero attached hydrogens (tertiary/aromatic N) is 3. The van der Waals surface area contributed by atoms with E-state index in [2.05, 4.69) is 9.71 Å². The Morgan fingerprint density at radius 2 is 1.89 bits per heavy atom. The second-order valence-corrected chi connectivity index (χ2v) is 11.2. The summed E-state index contributed by atoms with van der Waals surface area (Å²) in [6, 6.07) is 9.51. The zero-order valence-electron chi connectivity index (χ0n) is 21.3. The molecule has 2 N–H and O–H groups in total. The van der Waals surface area contributed by atoms with Crippen LogP contribution in [0.4, 0.5) is 10.1 Å². The zero-order valence-corrected chi connectivity index (χ0v) is 22.1. The minimum absolute atomic E-state index is 0.0891. The molecule has 1 aliphatic rings. The van der Waals surface area contributed by atoms with E-state index in [9.17, 15) is 17.6 Å². The number of hydrogen-bond acceptors (Lipinski definition) is 6. The number of fused-ring (bicyclic) bond motifs is 1. The van der Waals surface area contributed by atoms with E-state index in [0.717, 1.165) is 37.6 Å². The van der Waals surface area contributed by atoms with Crippen LogP contribution >= 0.6 is 0 Å². The van der Waals surface area contributed by atoms with Crippen molar-refractivity contribution in [2.75, 3.05) is 11.3 Å². The maximum absolute atomic E-state index is 13.6. The predicted octanol–water partition coefficient (Wildman–Crippen LogP) is 5.17. The molecule has 0 radical (unpaired) electrons. The van der Waals surface area contributed by atoms with Crippen LogP contribution in [0.25, 0.3) is 16.9 Å². The topological polar surface area (TPSA) is 118 Å². The Balaban J connectivity index is 1.62. The van der Waals surface area contributed by atoms with Crippen molar-refractivity contribution in [2.45, 2.75) is 63.2 Å². The van der Waals surface area contributed by atoms with Crippen molar-refractivity contribution < 1.29 is 17.5 Å². The van der Waals surface area contributed by atoms with Gasteiger partial charge in [-0.15, -0.1) is 5.10 Å². The fraction of sp³-hybridized carbons (Fsp3) is 0.370. The van der Waals surface area contributed by atoms with Crippen molar-refractivity contribution >= 4 is 21.2 Å². The molecule has 1 aliphatic carbocycles. The fourth-order valence-corrected chi connectivity index (χ4v) is 6.10. The van der Waals surface area contributed by atoms with Gasteiger partial charge in [0.15, 0.2) is 11.3 Å². The van der Waals surface area contributed by atoms with Crippen LogP contribution in [-0.2, 0) is 10.0 Å². The number of rotatable bonds is 7. The summed E-state index contributed by atoms with van der Waals surface area (Å²) in [6.45, 7) is 3.93. The highest BCUT2D eigenvalue weighted by Crippen LogP contribution is 2.33. The first-order valence-electron chi connectivity index (χ1n) is 12.8. The first-order chi connectivity index (χ1) is 18.3. The highest BCUT2D eigenvalue weighted by Gasteiger charge is 2.25. The number of ether oxygens (including phenoxy) is 1. The van der Waals surface area contributed by atoms with E-state index in [1.165, 1.54) is 49.2 Å². The highest BCUT2D eigenvalue weighted by molar-refractivity contribution is 7.92. The average Bonchev–Trinajstić information content (AvgIpc) is 3.03. The number of aromatic nitrogens is 4. The van der Waals surface area contributed by atoms with Gasteiger partial charge in [0.25, 0.3) is 15.6 Å². The first kappa shape index (κ1) is 25.9. The van der Waals surface area contributed by atoms with Crippen LogP contribution in [0.1, 0.15) is 62.9 Å². The van der Waals surface area contributed by atoms with Gasteiger partial charge in [0.2, 0.25) is 0 Å². The van der Waals surface area contributed by atoms with Crippen LogP contribution in [0.15, 0.2) is 52.2 Å². The number of halogens is 1. The van der Waals surface area contributed by atoms with Gasteiger partial charge >= 0.3 is 0 Å².